The van der Waals surface area contributed by atoms with Gasteiger partial charge in [0.05, 0.1) is 13.2 Å². The monoisotopic (exact) mass is 671 g/mol. The third-order valence-corrected chi connectivity index (χ3v) is 8.61. The molecule has 1 atom stereocenters. The Labute approximate surface area is 298 Å². The van der Waals surface area contributed by atoms with Crippen molar-refractivity contribution in [3.05, 3.63) is 60.8 Å². The quantitative estimate of drug-likeness (QED) is 0.0406. The molecule has 0 aliphatic carbocycles. The molecule has 0 fully saturated rings. The van der Waals surface area contributed by atoms with Crippen molar-refractivity contribution in [3.8, 4) is 0 Å². The minimum atomic E-state index is -0.556. The zero-order chi connectivity index (χ0) is 34.9. The van der Waals surface area contributed by atoms with Crippen LogP contribution in [0.1, 0.15) is 187 Å². The molecule has 0 radical (unpaired) electrons. The van der Waals surface area contributed by atoms with Crippen LogP contribution in [0.3, 0.4) is 0 Å². The van der Waals surface area contributed by atoms with Crippen LogP contribution in [-0.2, 0) is 14.3 Å². The Bertz CT molecular complexity index is 794. The summed E-state index contributed by atoms with van der Waals surface area (Å²) in [4.78, 5) is 12.2. The van der Waals surface area contributed by atoms with Gasteiger partial charge in [-0.3, -0.25) is 4.79 Å². The zero-order valence-electron chi connectivity index (χ0n) is 31.7. The fraction of sp³-hybridized carbons (Fsp3) is 0.750. The molecule has 1 N–H and O–H groups in total. The first kappa shape index (κ1) is 46.1. The summed E-state index contributed by atoms with van der Waals surface area (Å²) < 4.78 is 11.1. The smallest absolute Gasteiger partial charge is 0.306 e. The van der Waals surface area contributed by atoms with Gasteiger partial charge in [-0.15, -0.1) is 0 Å². The second kappa shape index (κ2) is 41.3. The van der Waals surface area contributed by atoms with E-state index in [1.807, 2.05) is 0 Å². The SMILES string of the molecule is CC/C=C\C/C=C\C/C=C\C/C=C\C/C=C\CCCCOCC(CO)OC(=O)CCCCCCCCCCCCCCCCCCCC. The van der Waals surface area contributed by atoms with E-state index in [2.05, 4.69) is 74.6 Å². The molecule has 0 amide bonds. The zero-order valence-corrected chi connectivity index (χ0v) is 31.7. The van der Waals surface area contributed by atoms with Crippen molar-refractivity contribution >= 4 is 5.97 Å². The average molecular weight is 671 g/mol. The Morgan fingerprint density at radius 1 is 0.521 bits per heavy atom. The minimum Gasteiger partial charge on any atom is -0.457 e. The summed E-state index contributed by atoms with van der Waals surface area (Å²) in [6.07, 6.45) is 54.2. The molecule has 0 aliphatic heterocycles. The van der Waals surface area contributed by atoms with Gasteiger partial charge in [0.2, 0.25) is 0 Å². The normalized spacial score (nSPS) is 13.0. The fourth-order valence-electron chi connectivity index (χ4n) is 5.59. The van der Waals surface area contributed by atoms with Crippen molar-refractivity contribution < 1.29 is 19.4 Å². The molecule has 0 saturated heterocycles. The van der Waals surface area contributed by atoms with Gasteiger partial charge in [-0.05, 0) is 57.8 Å². The van der Waals surface area contributed by atoms with E-state index in [4.69, 9.17) is 9.47 Å². The van der Waals surface area contributed by atoms with E-state index in [-0.39, 0.29) is 19.2 Å². The number of carbonyl (C=O) groups excluding carboxylic acids is 1. The molecule has 0 saturated carbocycles. The number of aliphatic hydroxyl groups is 1. The van der Waals surface area contributed by atoms with E-state index in [9.17, 15) is 9.90 Å². The van der Waals surface area contributed by atoms with Crippen molar-refractivity contribution in [2.75, 3.05) is 19.8 Å². The third-order valence-electron chi connectivity index (χ3n) is 8.61. The van der Waals surface area contributed by atoms with Gasteiger partial charge in [-0.25, -0.2) is 0 Å². The van der Waals surface area contributed by atoms with E-state index in [1.165, 1.54) is 103 Å². The number of carbonyl (C=O) groups is 1. The summed E-state index contributed by atoms with van der Waals surface area (Å²) in [5, 5.41) is 9.58. The molecule has 0 aromatic rings. The van der Waals surface area contributed by atoms with Gasteiger partial charge in [0.15, 0.2) is 0 Å². The van der Waals surface area contributed by atoms with Gasteiger partial charge in [-0.2, -0.15) is 0 Å². The molecule has 0 spiro atoms. The number of esters is 1. The highest BCUT2D eigenvalue weighted by Gasteiger charge is 2.13. The van der Waals surface area contributed by atoms with E-state index >= 15 is 0 Å². The van der Waals surface area contributed by atoms with Crippen LogP contribution < -0.4 is 0 Å². The molecule has 48 heavy (non-hydrogen) atoms. The van der Waals surface area contributed by atoms with Crippen LogP contribution in [0.25, 0.3) is 0 Å². The lowest BCUT2D eigenvalue weighted by atomic mass is 10.0. The number of hydrogen-bond donors (Lipinski definition) is 1. The number of rotatable bonds is 37. The molecule has 1 unspecified atom stereocenters. The van der Waals surface area contributed by atoms with Gasteiger partial charge in [0.1, 0.15) is 6.10 Å². The minimum absolute atomic E-state index is 0.190. The van der Waals surface area contributed by atoms with Gasteiger partial charge >= 0.3 is 5.97 Å². The average Bonchev–Trinajstić information content (AvgIpc) is 3.09. The van der Waals surface area contributed by atoms with Crippen molar-refractivity contribution in [3.63, 3.8) is 0 Å². The largest absolute Gasteiger partial charge is 0.457 e. The Kier molecular flexibility index (Phi) is 39.6. The first-order valence-electron chi connectivity index (χ1n) is 20.4. The molecule has 0 aliphatic rings. The van der Waals surface area contributed by atoms with Gasteiger partial charge in [-0.1, -0.05) is 184 Å². The molecule has 278 valence electrons. The van der Waals surface area contributed by atoms with Crippen LogP contribution in [0.2, 0.25) is 0 Å². The maximum atomic E-state index is 12.2. The highest BCUT2D eigenvalue weighted by Crippen LogP contribution is 2.15. The fourth-order valence-corrected chi connectivity index (χ4v) is 5.59. The maximum absolute atomic E-state index is 12.2. The first-order valence-corrected chi connectivity index (χ1v) is 20.4. The standard InChI is InChI=1S/C44H78O4/c1-3-5-7-9-11-13-15-17-19-21-23-25-27-29-31-33-35-37-39-44(46)48-43(41-45)42-47-40-38-36-34-32-30-28-26-24-22-20-18-16-14-12-10-8-6-4-2/h6,8,12,14,18,20,24,26,30,32,43,45H,3-5,7,9-11,13,15-17,19,21-23,25,27-29,31,33-42H2,1-2H3/b8-6-,14-12-,20-18-,26-24-,32-30-. The molecular weight excluding hydrogens is 592 g/mol. The van der Waals surface area contributed by atoms with Crippen molar-refractivity contribution in [2.45, 2.75) is 193 Å². The molecule has 0 aromatic carbocycles. The van der Waals surface area contributed by atoms with Crippen LogP contribution in [0.15, 0.2) is 60.8 Å². The lowest BCUT2D eigenvalue weighted by molar-refractivity contribution is -0.154. The number of unbranched alkanes of at least 4 members (excludes halogenated alkanes) is 19. The molecule has 0 aromatic heterocycles. The summed E-state index contributed by atoms with van der Waals surface area (Å²) in [6.45, 7) is 5.14. The number of hydrogen-bond acceptors (Lipinski definition) is 4. The van der Waals surface area contributed by atoms with E-state index in [0.717, 1.165) is 64.2 Å². The van der Waals surface area contributed by atoms with Crippen LogP contribution >= 0.6 is 0 Å². The van der Waals surface area contributed by atoms with Gasteiger partial charge in [0.25, 0.3) is 0 Å². The summed E-state index contributed by atoms with van der Waals surface area (Å²) in [5.41, 5.74) is 0. The first-order chi connectivity index (χ1) is 23.7. The Morgan fingerprint density at radius 3 is 1.38 bits per heavy atom. The predicted octanol–water partition coefficient (Wildman–Crippen LogP) is 13.3. The third kappa shape index (κ3) is 38.5. The number of allylic oxidation sites excluding steroid dienone is 10. The van der Waals surface area contributed by atoms with E-state index in [1.54, 1.807) is 0 Å². The van der Waals surface area contributed by atoms with Crippen LogP contribution in [0.4, 0.5) is 0 Å². The van der Waals surface area contributed by atoms with Crippen molar-refractivity contribution in [2.24, 2.45) is 0 Å². The molecule has 0 bridgehead atoms. The van der Waals surface area contributed by atoms with Gasteiger partial charge in [0, 0.05) is 13.0 Å². The topological polar surface area (TPSA) is 55.8 Å². The predicted molar refractivity (Wildman–Crippen MR) is 209 cm³/mol. The Hall–Kier alpha value is -1.91. The Morgan fingerprint density at radius 2 is 0.938 bits per heavy atom. The summed E-state index contributed by atoms with van der Waals surface area (Å²) in [7, 11) is 0. The summed E-state index contributed by atoms with van der Waals surface area (Å²) in [5.74, 6) is -0.215. The molecule has 0 rings (SSSR count). The maximum Gasteiger partial charge on any atom is 0.306 e. The second-order valence-corrected chi connectivity index (χ2v) is 13.3. The van der Waals surface area contributed by atoms with E-state index in [0.29, 0.717) is 13.0 Å². The van der Waals surface area contributed by atoms with Crippen molar-refractivity contribution in [1.82, 2.24) is 0 Å². The van der Waals surface area contributed by atoms with Crippen LogP contribution in [-0.4, -0.2) is 37.0 Å². The lowest BCUT2D eigenvalue weighted by Gasteiger charge is -2.15. The molecule has 4 nitrogen and oxygen atoms in total. The molecular formula is C44H78O4. The summed E-state index contributed by atoms with van der Waals surface area (Å²) in [6, 6.07) is 0. The van der Waals surface area contributed by atoms with E-state index < -0.39 is 6.10 Å². The van der Waals surface area contributed by atoms with Crippen LogP contribution in [0, 0.1) is 0 Å². The summed E-state index contributed by atoms with van der Waals surface area (Å²) >= 11 is 0. The number of ether oxygens (including phenoxy) is 2. The van der Waals surface area contributed by atoms with Crippen LogP contribution in [0.5, 0.6) is 0 Å². The second-order valence-electron chi connectivity index (χ2n) is 13.3. The lowest BCUT2D eigenvalue weighted by Crippen LogP contribution is -2.27. The molecule has 4 heteroatoms. The highest BCUT2D eigenvalue weighted by molar-refractivity contribution is 5.69. The van der Waals surface area contributed by atoms with Gasteiger partial charge < -0.3 is 14.6 Å². The van der Waals surface area contributed by atoms with Crippen molar-refractivity contribution in [1.29, 1.82) is 0 Å². The number of aliphatic hydroxyl groups excluding tert-OH is 1. The highest BCUT2D eigenvalue weighted by atomic mass is 16.6. The Balaban J connectivity index is 3.51. The molecule has 0 heterocycles.